The zero-order valence-electron chi connectivity index (χ0n) is 11.4. The van der Waals surface area contributed by atoms with E-state index in [9.17, 15) is 18.4 Å². The largest absolute Gasteiger partial charge is 0.319 e. The number of anilines is 1. The number of hydrogen-bond acceptors (Lipinski definition) is 3. The molecule has 1 aromatic heterocycles. The molecule has 1 heterocycles. The Kier molecular flexibility index (Phi) is 4.11. The van der Waals surface area contributed by atoms with Crippen LogP contribution < -0.4 is 10.9 Å². The normalized spacial score (nSPS) is 12.0. The van der Waals surface area contributed by atoms with Gasteiger partial charge in [0.15, 0.2) is 0 Å². The van der Waals surface area contributed by atoms with Gasteiger partial charge in [0, 0.05) is 6.07 Å². The van der Waals surface area contributed by atoms with E-state index < -0.39 is 34.8 Å². The molecule has 1 amide bonds. The van der Waals surface area contributed by atoms with Crippen molar-refractivity contribution in [1.29, 1.82) is 0 Å². The van der Waals surface area contributed by atoms with E-state index in [1.54, 1.807) is 6.92 Å². The molecule has 0 bridgehead atoms. The van der Waals surface area contributed by atoms with Crippen LogP contribution in [0.1, 0.15) is 18.7 Å². The van der Waals surface area contributed by atoms with Crippen molar-refractivity contribution < 1.29 is 13.6 Å². The summed E-state index contributed by atoms with van der Waals surface area (Å²) in [5.74, 6) is -2.51. The summed E-state index contributed by atoms with van der Waals surface area (Å²) in [6.45, 7) is 3.08. The van der Waals surface area contributed by atoms with Crippen LogP contribution in [-0.2, 0) is 4.79 Å². The van der Waals surface area contributed by atoms with Crippen LogP contribution in [0.15, 0.2) is 35.1 Å². The predicted octanol–water partition coefficient (Wildman–Crippen LogP) is 2.03. The quantitative estimate of drug-likeness (QED) is 0.941. The summed E-state index contributed by atoms with van der Waals surface area (Å²) in [5, 5.41) is 6.07. The molecule has 0 fully saturated rings. The number of rotatable bonds is 3. The Morgan fingerprint density at radius 2 is 1.86 bits per heavy atom. The van der Waals surface area contributed by atoms with E-state index in [4.69, 9.17) is 0 Å². The molecule has 5 nitrogen and oxygen atoms in total. The Morgan fingerprint density at radius 3 is 2.48 bits per heavy atom. The number of para-hydroxylation sites is 1. The second kappa shape index (κ2) is 5.82. The summed E-state index contributed by atoms with van der Waals surface area (Å²) < 4.78 is 27.9. The average molecular weight is 293 g/mol. The Balaban J connectivity index is 2.28. The van der Waals surface area contributed by atoms with E-state index in [1.807, 2.05) is 0 Å². The van der Waals surface area contributed by atoms with Crippen molar-refractivity contribution in [1.82, 2.24) is 9.78 Å². The van der Waals surface area contributed by atoms with E-state index in [0.717, 1.165) is 16.8 Å². The topological polar surface area (TPSA) is 64.0 Å². The van der Waals surface area contributed by atoms with Gasteiger partial charge in [-0.05, 0) is 32.0 Å². The van der Waals surface area contributed by atoms with Crippen LogP contribution in [-0.4, -0.2) is 15.7 Å². The highest BCUT2D eigenvalue weighted by Crippen LogP contribution is 2.19. The highest BCUT2D eigenvalue weighted by atomic mass is 19.1. The third-order valence-corrected chi connectivity index (χ3v) is 2.92. The van der Waals surface area contributed by atoms with Crippen LogP contribution in [0.4, 0.5) is 14.5 Å². The maximum atomic E-state index is 13.5. The van der Waals surface area contributed by atoms with Crippen LogP contribution in [0.5, 0.6) is 0 Å². The van der Waals surface area contributed by atoms with Gasteiger partial charge in [0.2, 0.25) is 5.91 Å². The molecule has 0 aliphatic rings. The Hall–Kier alpha value is -2.57. The molecular formula is C14H13F2N3O2. The third kappa shape index (κ3) is 3.13. The minimum Gasteiger partial charge on any atom is -0.319 e. The number of carbonyl (C=O) groups is 1. The number of nitrogens with one attached hydrogen (secondary N) is 1. The van der Waals surface area contributed by atoms with Crippen LogP contribution in [0.2, 0.25) is 0 Å². The van der Waals surface area contributed by atoms with E-state index in [2.05, 4.69) is 10.4 Å². The Labute approximate surface area is 119 Å². The molecule has 2 aromatic rings. The van der Waals surface area contributed by atoms with E-state index in [-0.39, 0.29) is 0 Å². The Morgan fingerprint density at radius 1 is 1.24 bits per heavy atom. The lowest BCUT2D eigenvalue weighted by atomic mass is 10.2. The first-order valence-corrected chi connectivity index (χ1v) is 6.21. The van der Waals surface area contributed by atoms with Gasteiger partial charge in [0.1, 0.15) is 23.4 Å². The molecule has 21 heavy (non-hydrogen) atoms. The molecule has 110 valence electrons. The lowest BCUT2D eigenvalue weighted by Crippen LogP contribution is -2.33. The number of amides is 1. The number of hydrogen-bond donors (Lipinski definition) is 1. The first-order chi connectivity index (χ1) is 9.90. The summed E-state index contributed by atoms with van der Waals surface area (Å²) in [7, 11) is 0. The van der Waals surface area contributed by atoms with Crippen LogP contribution in [0.25, 0.3) is 0 Å². The summed E-state index contributed by atoms with van der Waals surface area (Å²) in [4.78, 5) is 23.7. The molecule has 0 unspecified atom stereocenters. The van der Waals surface area contributed by atoms with E-state index >= 15 is 0 Å². The van der Waals surface area contributed by atoms with Gasteiger partial charge >= 0.3 is 0 Å². The molecule has 0 radical (unpaired) electrons. The zero-order valence-corrected chi connectivity index (χ0v) is 11.4. The van der Waals surface area contributed by atoms with Crippen LogP contribution in [0, 0.1) is 18.6 Å². The van der Waals surface area contributed by atoms with Crippen molar-refractivity contribution in [2.24, 2.45) is 0 Å². The first kappa shape index (κ1) is 14.8. The highest BCUT2D eigenvalue weighted by molar-refractivity contribution is 5.93. The molecule has 1 N–H and O–H groups in total. The molecular weight excluding hydrogens is 280 g/mol. The summed E-state index contributed by atoms with van der Waals surface area (Å²) in [6.07, 6.45) is 0. The van der Waals surface area contributed by atoms with Crippen molar-refractivity contribution in [2.75, 3.05) is 5.32 Å². The zero-order chi connectivity index (χ0) is 15.6. The van der Waals surface area contributed by atoms with Crippen molar-refractivity contribution in [2.45, 2.75) is 19.9 Å². The number of benzene rings is 1. The maximum absolute atomic E-state index is 13.5. The maximum Gasteiger partial charge on any atom is 0.267 e. The van der Waals surface area contributed by atoms with Gasteiger partial charge in [0.25, 0.3) is 5.56 Å². The van der Waals surface area contributed by atoms with Gasteiger partial charge in [-0.1, -0.05) is 6.07 Å². The number of aromatic nitrogens is 2. The Bertz CT molecular complexity index is 723. The predicted molar refractivity (Wildman–Crippen MR) is 72.9 cm³/mol. The molecule has 0 spiro atoms. The second-order valence-corrected chi connectivity index (χ2v) is 4.52. The van der Waals surface area contributed by atoms with Crippen molar-refractivity contribution >= 4 is 11.6 Å². The number of carbonyl (C=O) groups excluding carboxylic acids is 1. The molecule has 0 saturated carbocycles. The van der Waals surface area contributed by atoms with Gasteiger partial charge in [-0.15, -0.1) is 0 Å². The SMILES string of the molecule is Cc1ccc(=O)n([C@@H](C)C(=O)Nc2c(F)cccc2F)n1. The summed E-state index contributed by atoms with van der Waals surface area (Å²) in [6, 6.07) is 5.03. The lowest BCUT2D eigenvalue weighted by Gasteiger charge is -2.15. The molecule has 7 heteroatoms. The number of aryl methyl sites for hydroxylation is 1. The van der Waals surface area contributed by atoms with Crippen molar-refractivity contribution in [3.63, 3.8) is 0 Å². The molecule has 1 atom stereocenters. The number of halogens is 2. The monoisotopic (exact) mass is 293 g/mol. The highest BCUT2D eigenvalue weighted by Gasteiger charge is 2.20. The van der Waals surface area contributed by atoms with Gasteiger partial charge in [0.05, 0.1) is 5.69 Å². The average Bonchev–Trinajstić information content (AvgIpc) is 2.44. The lowest BCUT2D eigenvalue weighted by molar-refractivity contribution is -0.119. The molecule has 0 aliphatic heterocycles. The number of nitrogens with zero attached hydrogens (tertiary/aromatic N) is 2. The van der Waals surface area contributed by atoms with Gasteiger partial charge in [-0.25, -0.2) is 13.5 Å². The third-order valence-electron chi connectivity index (χ3n) is 2.92. The van der Waals surface area contributed by atoms with E-state index in [0.29, 0.717) is 5.69 Å². The molecule has 2 rings (SSSR count). The van der Waals surface area contributed by atoms with Gasteiger partial charge < -0.3 is 5.32 Å². The minimum atomic E-state index is -1.00. The van der Waals surface area contributed by atoms with Gasteiger partial charge in [-0.2, -0.15) is 5.10 Å². The summed E-state index contributed by atoms with van der Waals surface area (Å²) >= 11 is 0. The molecule has 1 aromatic carbocycles. The smallest absolute Gasteiger partial charge is 0.267 e. The van der Waals surface area contributed by atoms with Crippen molar-refractivity contribution in [3.05, 3.63) is 58.0 Å². The van der Waals surface area contributed by atoms with Gasteiger partial charge in [-0.3, -0.25) is 9.59 Å². The minimum absolute atomic E-state index is 0.475. The van der Waals surface area contributed by atoms with E-state index in [1.165, 1.54) is 25.1 Å². The second-order valence-electron chi connectivity index (χ2n) is 4.52. The van der Waals surface area contributed by atoms with Crippen LogP contribution >= 0.6 is 0 Å². The molecule has 0 aliphatic carbocycles. The summed E-state index contributed by atoms with van der Waals surface area (Å²) in [5.41, 5.74) is -0.473. The molecule has 0 saturated heterocycles. The van der Waals surface area contributed by atoms with Crippen molar-refractivity contribution in [3.8, 4) is 0 Å². The first-order valence-electron chi connectivity index (χ1n) is 6.21. The van der Waals surface area contributed by atoms with Crippen LogP contribution in [0.3, 0.4) is 0 Å². The standard InChI is InChI=1S/C14H13F2N3O2/c1-8-6-7-12(20)19(18-8)9(2)14(21)17-13-10(15)4-3-5-11(13)16/h3-7,9H,1-2H3,(H,17,21)/t9-/m0/s1. The fourth-order valence-electron chi connectivity index (χ4n) is 1.75. The fraction of sp³-hybridized carbons (Fsp3) is 0.214. The fourth-order valence-corrected chi connectivity index (χ4v) is 1.75.